The molecule has 5 rings (SSSR count). The predicted molar refractivity (Wildman–Crippen MR) is 119 cm³/mol. The van der Waals surface area contributed by atoms with Gasteiger partial charge in [-0.1, -0.05) is 48.9 Å². The number of hydrogen-bond acceptors (Lipinski definition) is 4. The highest BCUT2D eigenvalue weighted by molar-refractivity contribution is 5.74. The standard InChI is InChI=1S/C26H31NO3/c1-18-11-12-22(19-8-4-2-3-5-9-19)27-21(18)10-6-13-26(14-7-15-26)20-16-29-25-23(28)17-30-24(20)25/h2,4-6,8-12,20,23-25,28H,3,7,13-17H2,1H3/b10-6+/t20?,23?,24-,25-/m1/s1. The highest BCUT2D eigenvalue weighted by Gasteiger charge is 2.56. The zero-order valence-electron chi connectivity index (χ0n) is 17.7. The maximum atomic E-state index is 10.1. The van der Waals surface area contributed by atoms with Crippen molar-refractivity contribution in [3.05, 3.63) is 65.5 Å². The van der Waals surface area contributed by atoms with Crippen LogP contribution in [0.25, 0.3) is 11.6 Å². The fourth-order valence-electron chi connectivity index (χ4n) is 5.39. The van der Waals surface area contributed by atoms with Crippen LogP contribution in [0.5, 0.6) is 0 Å². The number of aliphatic hydroxyl groups is 1. The molecule has 4 nitrogen and oxygen atoms in total. The maximum absolute atomic E-state index is 10.1. The van der Waals surface area contributed by atoms with Crippen LogP contribution in [0.1, 0.15) is 49.1 Å². The highest BCUT2D eigenvalue weighted by Crippen LogP contribution is 2.55. The van der Waals surface area contributed by atoms with Gasteiger partial charge < -0.3 is 14.6 Å². The normalized spacial score (nSPS) is 32.1. The number of fused-ring (bicyclic) bond motifs is 1. The van der Waals surface area contributed by atoms with Gasteiger partial charge in [0.1, 0.15) is 12.2 Å². The first-order chi connectivity index (χ1) is 14.7. The lowest BCUT2D eigenvalue weighted by Gasteiger charge is -2.47. The average Bonchev–Trinajstić information content (AvgIpc) is 3.18. The summed E-state index contributed by atoms with van der Waals surface area (Å²) in [5.41, 5.74) is 4.64. The summed E-state index contributed by atoms with van der Waals surface area (Å²) in [7, 11) is 0. The van der Waals surface area contributed by atoms with Gasteiger partial charge in [-0.05, 0) is 61.3 Å². The molecule has 4 atom stereocenters. The molecule has 0 spiro atoms. The SMILES string of the molecule is Cc1ccc(C2=CC=CCC=C2)nc1/C=C/CC1(C2CO[C@@H]3C(O)CO[C@H]23)CCC1. The minimum atomic E-state index is -0.468. The van der Waals surface area contributed by atoms with Gasteiger partial charge in [-0.3, -0.25) is 0 Å². The molecule has 2 unspecified atom stereocenters. The molecule has 1 aromatic rings. The zero-order chi connectivity index (χ0) is 20.6. The molecular weight excluding hydrogens is 374 g/mol. The first-order valence-corrected chi connectivity index (χ1v) is 11.3. The van der Waals surface area contributed by atoms with E-state index >= 15 is 0 Å². The third-order valence-electron chi connectivity index (χ3n) is 7.38. The molecule has 4 aliphatic rings. The van der Waals surface area contributed by atoms with Gasteiger partial charge in [0.05, 0.1) is 30.7 Å². The average molecular weight is 406 g/mol. The van der Waals surface area contributed by atoms with Gasteiger partial charge in [-0.15, -0.1) is 0 Å². The molecule has 0 bridgehead atoms. The van der Waals surface area contributed by atoms with Crippen molar-refractivity contribution in [2.24, 2.45) is 11.3 Å². The smallest absolute Gasteiger partial charge is 0.112 e. The molecule has 0 amide bonds. The molecule has 1 saturated carbocycles. The Labute approximate surface area is 179 Å². The fourth-order valence-corrected chi connectivity index (χ4v) is 5.39. The Hall–Kier alpha value is -2.01. The summed E-state index contributed by atoms with van der Waals surface area (Å²) in [6.45, 7) is 3.24. The molecule has 0 aromatic carbocycles. The molecule has 1 aromatic heterocycles. The molecule has 0 radical (unpaired) electrons. The van der Waals surface area contributed by atoms with Crippen LogP contribution in [0.15, 0.2) is 48.6 Å². The third-order valence-corrected chi connectivity index (χ3v) is 7.38. The van der Waals surface area contributed by atoms with Crippen LogP contribution >= 0.6 is 0 Å². The third kappa shape index (κ3) is 3.62. The van der Waals surface area contributed by atoms with Crippen LogP contribution in [0.4, 0.5) is 0 Å². The largest absolute Gasteiger partial charge is 0.388 e. The van der Waals surface area contributed by atoms with Crippen molar-refractivity contribution in [3.63, 3.8) is 0 Å². The minimum Gasteiger partial charge on any atom is -0.388 e. The van der Waals surface area contributed by atoms with Crippen LogP contribution < -0.4 is 0 Å². The van der Waals surface area contributed by atoms with Crippen LogP contribution in [0.2, 0.25) is 0 Å². The Morgan fingerprint density at radius 1 is 1.17 bits per heavy atom. The van der Waals surface area contributed by atoms with E-state index in [2.05, 4.69) is 61.6 Å². The molecule has 4 heteroatoms. The second-order valence-corrected chi connectivity index (χ2v) is 9.18. The minimum absolute atomic E-state index is 0.0545. The van der Waals surface area contributed by atoms with Gasteiger partial charge in [0.25, 0.3) is 0 Å². The van der Waals surface area contributed by atoms with Crippen molar-refractivity contribution in [1.29, 1.82) is 0 Å². The van der Waals surface area contributed by atoms with Gasteiger partial charge in [0, 0.05) is 5.92 Å². The number of ether oxygens (including phenoxy) is 2. The topological polar surface area (TPSA) is 51.6 Å². The van der Waals surface area contributed by atoms with Gasteiger partial charge >= 0.3 is 0 Å². The number of nitrogens with zero attached hydrogens (tertiary/aromatic N) is 1. The fraction of sp³-hybridized carbons (Fsp3) is 0.500. The van der Waals surface area contributed by atoms with Gasteiger partial charge in [-0.25, -0.2) is 4.98 Å². The summed E-state index contributed by atoms with van der Waals surface area (Å²) in [4.78, 5) is 4.94. The number of allylic oxidation sites excluding steroid dienone is 7. The summed E-state index contributed by atoms with van der Waals surface area (Å²) >= 11 is 0. The number of aliphatic hydroxyl groups excluding tert-OH is 1. The lowest BCUT2D eigenvalue weighted by atomic mass is 9.58. The Morgan fingerprint density at radius 3 is 2.87 bits per heavy atom. The Kier molecular flexibility index (Phi) is 5.48. The number of hydrogen-bond donors (Lipinski definition) is 1. The lowest BCUT2D eigenvalue weighted by Crippen LogP contribution is -2.44. The van der Waals surface area contributed by atoms with Gasteiger partial charge in [0.2, 0.25) is 0 Å². The maximum Gasteiger partial charge on any atom is 0.112 e. The van der Waals surface area contributed by atoms with Gasteiger partial charge in [-0.2, -0.15) is 0 Å². The van der Waals surface area contributed by atoms with E-state index in [9.17, 15) is 5.11 Å². The first kappa shape index (κ1) is 19.9. The Bertz CT molecular complexity index is 909. The van der Waals surface area contributed by atoms with E-state index in [4.69, 9.17) is 14.5 Å². The number of aryl methyl sites for hydroxylation is 1. The van der Waals surface area contributed by atoms with Crippen molar-refractivity contribution in [2.75, 3.05) is 13.2 Å². The second-order valence-electron chi connectivity index (χ2n) is 9.18. The van der Waals surface area contributed by atoms with Crippen molar-refractivity contribution in [1.82, 2.24) is 4.98 Å². The van der Waals surface area contributed by atoms with Crippen molar-refractivity contribution >= 4 is 11.6 Å². The molecule has 30 heavy (non-hydrogen) atoms. The molecule has 158 valence electrons. The molecular formula is C26H31NO3. The van der Waals surface area contributed by atoms with Crippen LogP contribution in [-0.2, 0) is 9.47 Å². The van der Waals surface area contributed by atoms with Crippen molar-refractivity contribution < 1.29 is 14.6 Å². The van der Waals surface area contributed by atoms with E-state index in [-0.39, 0.29) is 17.6 Å². The monoisotopic (exact) mass is 405 g/mol. The quantitative estimate of drug-likeness (QED) is 0.776. The summed E-state index contributed by atoms with van der Waals surface area (Å²) in [5, 5.41) is 10.1. The lowest BCUT2D eigenvalue weighted by molar-refractivity contribution is -0.0338. The summed E-state index contributed by atoms with van der Waals surface area (Å²) < 4.78 is 11.9. The zero-order valence-corrected chi connectivity index (χ0v) is 17.7. The number of rotatable bonds is 5. The van der Waals surface area contributed by atoms with E-state index < -0.39 is 6.10 Å². The number of aromatic nitrogens is 1. The second kappa shape index (κ2) is 8.26. The Morgan fingerprint density at radius 2 is 2.03 bits per heavy atom. The summed E-state index contributed by atoms with van der Waals surface area (Å²) in [5.74, 6) is 0.381. The Balaban J connectivity index is 1.32. The van der Waals surface area contributed by atoms with Gasteiger partial charge in [0.15, 0.2) is 0 Å². The first-order valence-electron chi connectivity index (χ1n) is 11.3. The molecule has 1 N–H and O–H groups in total. The number of pyridine rings is 1. The highest BCUT2D eigenvalue weighted by atomic mass is 16.6. The molecule has 2 aliphatic heterocycles. The van der Waals surface area contributed by atoms with Crippen LogP contribution in [0, 0.1) is 18.3 Å². The molecule has 3 fully saturated rings. The van der Waals surface area contributed by atoms with Crippen molar-refractivity contribution in [3.8, 4) is 0 Å². The van der Waals surface area contributed by atoms with E-state index in [0.29, 0.717) is 19.1 Å². The van der Waals surface area contributed by atoms with Crippen molar-refractivity contribution in [2.45, 2.75) is 57.3 Å². The van der Waals surface area contributed by atoms with E-state index in [1.807, 2.05) is 0 Å². The summed E-state index contributed by atoms with van der Waals surface area (Å²) in [6.07, 6.45) is 20.3. The predicted octanol–water partition coefficient (Wildman–Crippen LogP) is 4.64. The van der Waals surface area contributed by atoms with E-state index in [0.717, 1.165) is 29.8 Å². The van der Waals surface area contributed by atoms with Crippen LogP contribution in [-0.4, -0.2) is 41.6 Å². The van der Waals surface area contributed by atoms with E-state index in [1.165, 1.54) is 24.8 Å². The van der Waals surface area contributed by atoms with Crippen LogP contribution in [0.3, 0.4) is 0 Å². The molecule has 2 saturated heterocycles. The molecule has 3 heterocycles. The van der Waals surface area contributed by atoms with E-state index in [1.54, 1.807) is 0 Å². The molecule has 2 aliphatic carbocycles. The summed E-state index contributed by atoms with van der Waals surface area (Å²) in [6, 6.07) is 4.27.